The van der Waals surface area contributed by atoms with Gasteiger partial charge in [0.05, 0.1) is 7.11 Å². The number of nitrogens with one attached hydrogen (secondary N) is 1. The van der Waals surface area contributed by atoms with Gasteiger partial charge in [0.15, 0.2) is 6.10 Å². The molecule has 1 aromatic carbocycles. The van der Waals surface area contributed by atoms with Crippen LogP contribution in [0.5, 0.6) is 5.75 Å². The number of carbonyl (C=O) groups is 3. The molecule has 0 unspecified atom stereocenters. The van der Waals surface area contributed by atoms with Crippen LogP contribution in [0.1, 0.15) is 17.3 Å². The largest absolute Gasteiger partial charge is 0.497 e. The molecular weight excluding hydrogens is 288 g/mol. The van der Waals surface area contributed by atoms with Crippen molar-refractivity contribution in [2.75, 3.05) is 27.7 Å². The third kappa shape index (κ3) is 5.08. The summed E-state index contributed by atoms with van der Waals surface area (Å²) in [5.74, 6) is -0.780. The van der Waals surface area contributed by atoms with E-state index in [1.54, 1.807) is 38.4 Å². The summed E-state index contributed by atoms with van der Waals surface area (Å²) in [4.78, 5) is 36.3. The van der Waals surface area contributed by atoms with E-state index in [9.17, 15) is 14.4 Å². The maximum atomic E-state index is 11.8. The van der Waals surface area contributed by atoms with Crippen molar-refractivity contribution in [2.45, 2.75) is 13.0 Å². The number of likely N-dealkylation sites (N-methyl/N-ethyl adjacent to an activating group) is 1. The molecule has 1 rings (SSSR count). The minimum atomic E-state index is -0.889. The van der Waals surface area contributed by atoms with Crippen molar-refractivity contribution in [1.29, 1.82) is 0 Å². The molecule has 22 heavy (non-hydrogen) atoms. The molecule has 0 heterocycles. The zero-order valence-corrected chi connectivity index (χ0v) is 13.1. The predicted octanol–water partition coefficient (Wildman–Crippen LogP) is 0.445. The zero-order chi connectivity index (χ0) is 16.7. The predicted molar refractivity (Wildman–Crippen MR) is 79.6 cm³/mol. The Balaban J connectivity index is 2.46. The van der Waals surface area contributed by atoms with Gasteiger partial charge in [-0.05, 0) is 31.2 Å². The molecule has 120 valence electrons. The van der Waals surface area contributed by atoms with Gasteiger partial charge in [0.1, 0.15) is 12.3 Å². The van der Waals surface area contributed by atoms with Crippen molar-refractivity contribution >= 4 is 17.8 Å². The highest BCUT2D eigenvalue weighted by atomic mass is 16.5. The second kappa shape index (κ2) is 8.02. The Kier molecular flexibility index (Phi) is 6.37. The summed E-state index contributed by atoms with van der Waals surface area (Å²) in [6.07, 6.45) is -0.889. The summed E-state index contributed by atoms with van der Waals surface area (Å²) in [7, 11) is 4.66. The molecule has 0 saturated heterocycles. The van der Waals surface area contributed by atoms with Crippen LogP contribution in [-0.4, -0.2) is 56.5 Å². The molecule has 0 aromatic heterocycles. The number of rotatable bonds is 6. The molecule has 1 aromatic rings. The fraction of sp³-hybridized carbons (Fsp3) is 0.400. The molecule has 0 aliphatic carbocycles. The molecule has 2 amide bonds. The molecule has 0 spiro atoms. The van der Waals surface area contributed by atoms with E-state index >= 15 is 0 Å². The molecule has 0 bridgehead atoms. The molecule has 7 heteroatoms. The molecule has 0 radical (unpaired) electrons. The van der Waals surface area contributed by atoms with Crippen LogP contribution in [0.15, 0.2) is 24.3 Å². The molecule has 0 aliphatic rings. The third-order valence-corrected chi connectivity index (χ3v) is 2.84. The first-order chi connectivity index (χ1) is 10.3. The lowest BCUT2D eigenvalue weighted by Gasteiger charge is -2.17. The maximum absolute atomic E-state index is 11.8. The van der Waals surface area contributed by atoms with E-state index in [4.69, 9.17) is 9.47 Å². The van der Waals surface area contributed by atoms with Gasteiger partial charge in [0, 0.05) is 19.7 Å². The van der Waals surface area contributed by atoms with Crippen LogP contribution in [0.3, 0.4) is 0 Å². The van der Waals surface area contributed by atoms with Gasteiger partial charge in [-0.15, -0.1) is 0 Å². The third-order valence-electron chi connectivity index (χ3n) is 2.84. The Morgan fingerprint density at radius 2 is 1.77 bits per heavy atom. The summed E-state index contributed by atoms with van der Waals surface area (Å²) in [6, 6.07) is 6.45. The zero-order valence-electron chi connectivity index (χ0n) is 13.1. The monoisotopic (exact) mass is 308 g/mol. The Labute approximate surface area is 129 Å². The summed E-state index contributed by atoms with van der Waals surface area (Å²) in [5.41, 5.74) is 0.394. The topological polar surface area (TPSA) is 84.9 Å². The average molecular weight is 308 g/mol. The number of benzene rings is 1. The van der Waals surface area contributed by atoms with Crippen LogP contribution in [0.25, 0.3) is 0 Å². The minimum absolute atomic E-state index is 0.310. The minimum Gasteiger partial charge on any atom is -0.497 e. The molecule has 1 N–H and O–H groups in total. The molecule has 0 aliphatic heterocycles. The number of esters is 1. The van der Waals surface area contributed by atoms with Crippen LogP contribution in [-0.2, 0) is 14.3 Å². The van der Waals surface area contributed by atoms with Gasteiger partial charge in [-0.1, -0.05) is 0 Å². The first kappa shape index (κ1) is 17.5. The van der Waals surface area contributed by atoms with E-state index < -0.39 is 18.0 Å². The van der Waals surface area contributed by atoms with Gasteiger partial charge in [0.2, 0.25) is 0 Å². The summed E-state index contributed by atoms with van der Waals surface area (Å²) in [5, 5.41) is 2.43. The van der Waals surface area contributed by atoms with Gasteiger partial charge < -0.3 is 19.7 Å². The number of methoxy groups -OCH3 is 1. The van der Waals surface area contributed by atoms with Crippen LogP contribution in [0.4, 0.5) is 0 Å². The number of nitrogens with zero attached hydrogens (tertiary/aromatic N) is 1. The lowest BCUT2D eigenvalue weighted by Crippen LogP contribution is -2.38. The summed E-state index contributed by atoms with van der Waals surface area (Å²) >= 11 is 0. The lowest BCUT2D eigenvalue weighted by molar-refractivity contribution is -0.157. The SMILES string of the molecule is COc1ccc(C(=O)NCC(=O)O[C@H](C)C(=O)N(C)C)cc1. The van der Waals surface area contributed by atoms with Crippen molar-refractivity contribution in [1.82, 2.24) is 10.2 Å². The molecule has 0 saturated carbocycles. The fourth-order valence-corrected chi connectivity index (χ4v) is 1.65. The Hall–Kier alpha value is -2.57. The Bertz CT molecular complexity index is 539. The first-order valence-electron chi connectivity index (χ1n) is 6.68. The van der Waals surface area contributed by atoms with Gasteiger partial charge in [-0.2, -0.15) is 0 Å². The molecule has 1 atom stereocenters. The smallest absolute Gasteiger partial charge is 0.326 e. The highest BCUT2D eigenvalue weighted by Gasteiger charge is 2.19. The quantitative estimate of drug-likeness (QED) is 0.771. The van der Waals surface area contributed by atoms with E-state index in [1.807, 2.05) is 0 Å². The lowest BCUT2D eigenvalue weighted by atomic mass is 10.2. The van der Waals surface area contributed by atoms with Gasteiger partial charge >= 0.3 is 5.97 Å². The van der Waals surface area contributed by atoms with E-state index in [2.05, 4.69) is 5.32 Å². The Morgan fingerprint density at radius 1 is 1.18 bits per heavy atom. The van der Waals surface area contributed by atoms with Crippen LogP contribution in [0, 0.1) is 0 Å². The number of hydrogen-bond acceptors (Lipinski definition) is 5. The number of carbonyl (C=O) groups excluding carboxylic acids is 3. The van der Waals surface area contributed by atoms with E-state index in [-0.39, 0.29) is 12.5 Å². The second-order valence-corrected chi connectivity index (χ2v) is 4.78. The summed E-state index contributed by atoms with van der Waals surface area (Å²) in [6.45, 7) is 1.17. The highest BCUT2D eigenvalue weighted by Crippen LogP contribution is 2.10. The van der Waals surface area contributed by atoms with E-state index in [0.717, 1.165) is 0 Å². The standard InChI is InChI=1S/C15H20N2O5/c1-10(15(20)17(2)3)22-13(18)9-16-14(19)11-5-7-12(21-4)8-6-11/h5-8,10H,9H2,1-4H3,(H,16,19)/t10-/m1/s1. The number of hydrogen-bond donors (Lipinski definition) is 1. The van der Waals surface area contributed by atoms with Crippen molar-refractivity contribution in [3.63, 3.8) is 0 Å². The van der Waals surface area contributed by atoms with E-state index in [0.29, 0.717) is 11.3 Å². The molecular formula is C15H20N2O5. The highest BCUT2D eigenvalue weighted by molar-refractivity contribution is 5.96. The fourth-order valence-electron chi connectivity index (χ4n) is 1.65. The number of ether oxygens (including phenoxy) is 2. The van der Waals surface area contributed by atoms with Crippen molar-refractivity contribution in [3.8, 4) is 5.75 Å². The summed E-state index contributed by atoms with van der Waals surface area (Å²) < 4.78 is 9.92. The van der Waals surface area contributed by atoms with Gasteiger partial charge in [-0.3, -0.25) is 14.4 Å². The molecule has 7 nitrogen and oxygen atoms in total. The molecule has 0 fully saturated rings. The Morgan fingerprint density at radius 3 is 2.27 bits per heavy atom. The van der Waals surface area contributed by atoms with Gasteiger partial charge in [0.25, 0.3) is 11.8 Å². The normalized spacial score (nSPS) is 11.3. The van der Waals surface area contributed by atoms with Crippen LogP contribution < -0.4 is 10.1 Å². The second-order valence-electron chi connectivity index (χ2n) is 4.78. The van der Waals surface area contributed by atoms with Crippen molar-refractivity contribution in [2.24, 2.45) is 0 Å². The van der Waals surface area contributed by atoms with Crippen LogP contribution >= 0.6 is 0 Å². The van der Waals surface area contributed by atoms with E-state index in [1.165, 1.54) is 18.9 Å². The van der Waals surface area contributed by atoms with Crippen molar-refractivity contribution in [3.05, 3.63) is 29.8 Å². The average Bonchev–Trinajstić information content (AvgIpc) is 2.51. The maximum Gasteiger partial charge on any atom is 0.326 e. The van der Waals surface area contributed by atoms with Crippen LogP contribution in [0.2, 0.25) is 0 Å². The van der Waals surface area contributed by atoms with Gasteiger partial charge in [-0.25, -0.2) is 0 Å². The van der Waals surface area contributed by atoms with Crippen molar-refractivity contribution < 1.29 is 23.9 Å². The number of amides is 2. The first-order valence-corrected chi connectivity index (χ1v) is 6.68.